The van der Waals surface area contributed by atoms with Gasteiger partial charge in [-0.05, 0) is 29.3 Å². The van der Waals surface area contributed by atoms with E-state index < -0.39 is 11.9 Å². The summed E-state index contributed by atoms with van der Waals surface area (Å²) in [4.78, 5) is 23.9. The van der Waals surface area contributed by atoms with Crippen LogP contribution in [0.2, 0.25) is 0 Å². The van der Waals surface area contributed by atoms with Gasteiger partial charge in [-0.3, -0.25) is 9.59 Å². The molecule has 0 radical (unpaired) electrons. The molecule has 2 rings (SSSR count). The Labute approximate surface area is 137 Å². The minimum Gasteiger partial charge on any atom is -0.368 e. The molecule has 2 aromatic rings. The van der Waals surface area contributed by atoms with Crippen LogP contribution in [-0.4, -0.2) is 17.9 Å². The Morgan fingerprint density at radius 2 is 1.78 bits per heavy atom. The maximum absolute atomic E-state index is 12.4. The molecule has 2 amide bonds. The summed E-state index contributed by atoms with van der Waals surface area (Å²) in [5, 5.41) is 4.84. The van der Waals surface area contributed by atoms with Crippen LogP contribution in [0.25, 0.3) is 10.8 Å². The zero-order valence-corrected chi connectivity index (χ0v) is 13.5. The minimum absolute atomic E-state index is 0.255. The van der Waals surface area contributed by atoms with Crippen molar-refractivity contribution in [1.82, 2.24) is 5.32 Å². The summed E-state index contributed by atoms with van der Waals surface area (Å²) in [6.07, 6.45) is 4.79. The second-order valence-corrected chi connectivity index (χ2v) is 5.84. The number of hydrogen-bond acceptors (Lipinski definition) is 2. The average molecular weight is 312 g/mol. The van der Waals surface area contributed by atoms with E-state index in [2.05, 4.69) is 12.2 Å². The summed E-state index contributed by atoms with van der Waals surface area (Å²) < 4.78 is 0. The fourth-order valence-electron chi connectivity index (χ4n) is 2.63. The molecule has 0 bridgehead atoms. The Bertz CT molecular complexity index is 682. The summed E-state index contributed by atoms with van der Waals surface area (Å²) in [6.45, 7) is 2.13. The molecule has 23 heavy (non-hydrogen) atoms. The lowest BCUT2D eigenvalue weighted by atomic mass is 10.0. The van der Waals surface area contributed by atoms with Crippen LogP contribution in [0.3, 0.4) is 0 Å². The third kappa shape index (κ3) is 4.81. The Kier molecular flexibility index (Phi) is 6.15. The number of amides is 2. The molecule has 4 nitrogen and oxygen atoms in total. The van der Waals surface area contributed by atoms with E-state index in [-0.39, 0.29) is 5.91 Å². The first-order valence-corrected chi connectivity index (χ1v) is 8.21. The molecule has 0 saturated carbocycles. The van der Waals surface area contributed by atoms with Gasteiger partial charge in [-0.15, -0.1) is 0 Å². The first-order valence-electron chi connectivity index (χ1n) is 8.21. The van der Waals surface area contributed by atoms with Gasteiger partial charge in [0.2, 0.25) is 5.91 Å². The van der Waals surface area contributed by atoms with Crippen LogP contribution in [0.1, 0.15) is 49.4 Å². The van der Waals surface area contributed by atoms with Crippen molar-refractivity contribution < 1.29 is 9.59 Å². The fourth-order valence-corrected chi connectivity index (χ4v) is 2.63. The smallest absolute Gasteiger partial charge is 0.251 e. The lowest BCUT2D eigenvalue weighted by molar-refractivity contribution is -0.120. The van der Waals surface area contributed by atoms with Gasteiger partial charge in [0, 0.05) is 5.56 Å². The van der Waals surface area contributed by atoms with E-state index in [1.807, 2.05) is 36.4 Å². The van der Waals surface area contributed by atoms with Crippen molar-refractivity contribution in [2.45, 2.75) is 45.1 Å². The summed E-state index contributed by atoms with van der Waals surface area (Å²) in [5.41, 5.74) is 5.96. The van der Waals surface area contributed by atoms with Crippen molar-refractivity contribution in [2.24, 2.45) is 5.73 Å². The molecule has 0 aliphatic rings. The van der Waals surface area contributed by atoms with Crippen molar-refractivity contribution in [3.8, 4) is 0 Å². The Morgan fingerprint density at radius 3 is 2.48 bits per heavy atom. The monoisotopic (exact) mass is 312 g/mol. The highest BCUT2D eigenvalue weighted by atomic mass is 16.2. The zero-order chi connectivity index (χ0) is 16.7. The SMILES string of the molecule is CCCCCC[C@@H](NC(=O)c1ccc2ccccc2c1)C(N)=O. The largest absolute Gasteiger partial charge is 0.368 e. The van der Waals surface area contributed by atoms with Crippen molar-refractivity contribution >= 4 is 22.6 Å². The van der Waals surface area contributed by atoms with E-state index >= 15 is 0 Å². The van der Waals surface area contributed by atoms with Crippen molar-refractivity contribution in [1.29, 1.82) is 0 Å². The number of hydrogen-bond donors (Lipinski definition) is 2. The van der Waals surface area contributed by atoms with E-state index in [0.29, 0.717) is 12.0 Å². The molecule has 0 fully saturated rings. The number of carbonyl (C=O) groups excluding carboxylic acids is 2. The van der Waals surface area contributed by atoms with Crippen LogP contribution in [0.5, 0.6) is 0 Å². The van der Waals surface area contributed by atoms with Gasteiger partial charge in [0.15, 0.2) is 0 Å². The first kappa shape index (κ1) is 17.0. The topological polar surface area (TPSA) is 72.2 Å². The second kappa shape index (κ2) is 8.32. The maximum Gasteiger partial charge on any atom is 0.251 e. The van der Waals surface area contributed by atoms with Gasteiger partial charge in [-0.2, -0.15) is 0 Å². The van der Waals surface area contributed by atoms with Crippen LogP contribution in [-0.2, 0) is 4.79 Å². The fraction of sp³-hybridized carbons (Fsp3) is 0.368. The zero-order valence-electron chi connectivity index (χ0n) is 13.5. The number of nitrogens with one attached hydrogen (secondary N) is 1. The van der Waals surface area contributed by atoms with E-state index in [1.165, 1.54) is 0 Å². The van der Waals surface area contributed by atoms with Crippen molar-refractivity contribution in [3.05, 3.63) is 48.0 Å². The number of primary amides is 1. The predicted molar refractivity (Wildman–Crippen MR) is 93.2 cm³/mol. The molecule has 0 aliphatic heterocycles. The van der Waals surface area contributed by atoms with Crippen LogP contribution < -0.4 is 11.1 Å². The number of benzene rings is 2. The lowest BCUT2D eigenvalue weighted by Gasteiger charge is -2.15. The van der Waals surface area contributed by atoms with Gasteiger partial charge in [-0.25, -0.2) is 0 Å². The first-order chi connectivity index (χ1) is 11.1. The molecule has 1 atom stereocenters. The standard InChI is InChI=1S/C19H24N2O2/c1-2-3-4-5-10-17(18(20)22)21-19(23)16-12-11-14-8-6-7-9-15(14)13-16/h6-9,11-13,17H,2-5,10H2,1H3,(H2,20,22)(H,21,23)/t17-/m1/s1. The molecule has 3 N–H and O–H groups in total. The van der Waals surface area contributed by atoms with Crippen LogP contribution in [0.4, 0.5) is 0 Å². The Morgan fingerprint density at radius 1 is 1.04 bits per heavy atom. The lowest BCUT2D eigenvalue weighted by Crippen LogP contribution is -2.44. The average Bonchev–Trinajstić information content (AvgIpc) is 2.56. The number of unbranched alkanes of at least 4 members (excludes halogenated alkanes) is 3. The van der Waals surface area contributed by atoms with E-state index in [1.54, 1.807) is 6.07 Å². The van der Waals surface area contributed by atoms with E-state index in [0.717, 1.165) is 36.5 Å². The number of nitrogens with two attached hydrogens (primary N) is 1. The van der Waals surface area contributed by atoms with Crippen LogP contribution >= 0.6 is 0 Å². The molecular weight excluding hydrogens is 288 g/mol. The molecule has 2 aromatic carbocycles. The van der Waals surface area contributed by atoms with Gasteiger partial charge in [0.25, 0.3) is 5.91 Å². The molecular formula is C19H24N2O2. The van der Waals surface area contributed by atoms with Crippen molar-refractivity contribution in [2.75, 3.05) is 0 Å². The molecule has 0 aromatic heterocycles. The summed E-state index contributed by atoms with van der Waals surface area (Å²) in [6, 6.07) is 12.8. The molecule has 4 heteroatoms. The van der Waals surface area contributed by atoms with Gasteiger partial charge >= 0.3 is 0 Å². The van der Waals surface area contributed by atoms with Gasteiger partial charge in [-0.1, -0.05) is 62.9 Å². The van der Waals surface area contributed by atoms with Gasteiger partial charge < -0.3 is 11.1 Å². The van der Waals surface area contributed by atoms with Crippen LogP contribution in [0.15, 0.2) is 42.5 Å². The normalized spacial score (nSPS) is 12.0. The molecule has 0 spiro atoms. The summed E-state index contributed by atoms with van der Waals surface area (Å²) in [5.74, 6) is -0.731. The Balaban J connectivity index is 2.03. The summed E-state index contributed by atoms with van der Waals surface area (Å²) >= 11 is 0. The van der Waals surface area contributed by atoms with Crippen LogP contribution in [0, 0.1) is 0 Å². The van der Waals surface area contributed by atoms with E-state index in [9.17, 15) is 9.59 Å². The highest BCUT2D eigenvalue weighted by Crippen LogP contribution is 2.16. The molecule has 122 valence electrons. The summed E-state index contributed by atoms with van der Waals surface area (Å²) in [7, 11) is 0. The molecule has 0 saturated heterocycles. The predicted octanol–water partition coefficient (Wildman–Crippen LogP) is 3.39. The number of fused-ring (bicyclic) bond motifs is 1. The molecule has 0 unspecified atom stereocenters. The number of rotatable bonds is 8. The molecule has 0 aliphatic carbocycles. The van der Waals surface area contributed by atoms with Gasteiger partial charge in [0.1, 0.15) is 6.04 Å². The second-order valence-electron chi connectivity index (χ2n) is 5.84. The third-order valence-electron chi connectivity index (χ3n) is 4.01. The van der Waals surface area contributed by atoms with E-state index in [4.69, 9.17) is 5.73 Å². The third-order valence-corrected chi connectivity index (χ3v) is 4.01. The highest BCUT2D eigenvalue weighted by Gasteiger charge is 2.18. The van der Waals surface area contributed by atoms with Crippen molar-refractivity contribution in [3.63, 3.8) is 0 Å². The Hall–Kier alpha value is -2.36. The highest BCUT2D eigenvalue weighted by molar-refractivity contribution is 6.00. The van der Waals surface area contributed by atoms with Gasteiger partial charge in [0.05, 0.1) is 0 Å². The quantitative estimate of drug-likeness (QED) is 0.733. The maximum atomic E-state index is 12.4. The number of carbonyl (C=O) groups is 2. The molecule has 0 heterocycles. The minimum atomic E-state index is -0.606.